The van der Waals surface area contributed by atoms with Crippen LogP contribution in [0, 0.1) is 27.7 Å². The molecule has 0 spiro atoms. The predicted octanol–water partition coefficient (Wildman–Crippen LogP) is 5.67. The molecule has 290 valence electrons. The lowest BCUT2D eigenvalue weighted by Gasteiger charge is -2.34. The van der Waals surface area contributed by atoms with Crippen molar-refractivity contribution in [1.82, 2.24) is 9.80 Å². The molecular formula is C40H62N4O8. The van der Waals surface area contributed by atoms with Crippen LogP contribution in [0.2, 0.25) is 0 Å². The molecule has 0 aliphatic carbocycles. The molecule has 6 N–H and O–H groups in total. The summed E-state index contributed by atoms with van der Waals surface area (Å²) in [5.41, 5.74) is 6.53. The zero-order chi connectivity index (χ0) is 38.8. The molecule has 2 aliphatic rings. The van der Waals surface area contributed by atoms with E-state index in [1.807, 2.05) is 12.1 Å². The van der Waals surface area contributed by atoms with Crippen LogP contribution < -0.4 is 10.6 Å². The number of aliphatic carboxylic acids is 2. The second-order valence-electron chi connectivity index (χ2n) is 13.9. The molecule has 12 nitrogen and oxygen atoms in total. The van der Waals surface area contributed by atoms with Crippen LogP contribution in [0.25, 0.3) is 0 Å². The van der Waals surface area contributed by atoms with Gasteiger partial charge in [-0.25, -0.2) is 9.59 Å². The number of hydrogen-bond donors (Lipinski definition) is 6. The summed E-state index contributed by atoms with van der Waals surface area (Å²) >= 11 is 0. The van der Waals surface area contributed by atoms with Gasteiger partial charge >= 0.3 is 11.9 Å². The topological polar surface area (TPSA) is 180 Å². The Labute approximate surface area is 309 Å². The second kappa shape index (κ2) is 23.0. The number of anilines is 2. The molecule has 2 saturated heterocycles. The number of unbranched alkanes of at least 4 members (excludes halogenated alkanes) is 2. The third-order valence-corrected chi connectivity index (χ3v) is 9.69. The van der Waals surface area contributed by atoms with Crippen molar-refractivity contribution in [2.24, 2.45) is 0 Å². The molecule has 52 heavy (non-hydrogen) atoms. The molecule has 2 amide bonds. The van der Waals surface area contributed by atoms with Crippen molar-refractivity contribution in [2.75, 3.05) is 36.8 Å². The van der Waals surface area contributed by atoms with E-state index in [-0.39, 0.29) is 23.9 Å². The number of piperidine rings is 2. The third kappa shape index (κ3) is 13.9. The quantitative estimate of drug-likeness (QED) is 0.151. The second-order valence-corrected chi connectivity index (χ2v) is 13.9. The summed E-state index contributed by atoms with van der Waals surface area (Å²) < 4.78 is 0. The van der Waals surface area contributed by atoms with E-state index in [1.165, 1.54) is 38.5 Å². The van der Waals surface area contributed by atoms with Gasteiger partial charge in [-0.3, -0.25) is 19.4 Å². The molecule has 0 bridgehead atoms. The molecule has 2 fully saturated rings. The zero-order valence-corrected chi connectivity index (χ0v) is 32.0. The van der Waals surface area contributed by atoms with Gasteiger partial charge in [-0.05, 0) is 115 Å². The van der Waals surface area contributed by atoms with Crippen LogP contribution in [0.1, 0.15) is 100 Å². The number of para-hydroxylation sites is 2. The van der Waals surface area contributed by atoms with Gasteiger partial charge in [0.1, 0.15) is 0 Å². The Balaban J connectivity index is 0.000000289. The van der Waals surface area contributed by atoms with Crippen LogP contribution in [0.5, 0.6) is 0 Å². The van der Waals surface area contributed by atoms with E-state index in [1.54, 1.807) is 0 Å². The van der Waals surface area contributed by atoms with Gasteiger partial charge in [0, 0.05) is 11.4 Å². The number of benzene rings is 2. The molecule has 0 aromatic heterocycles. The normalized spacial score (nSPS) is 18.8. The van der Waals surface area contributed by atoms with Crippen LogP contribution >= 0.6 is 0 Å². The number of carbonyl (C=O) groups excluding carboxylic acids is 2. The number of aliphatic hydroxyl groups excluding tert-OH is 2. The first-order valence-electron chi connectivity index (χ1n) is 18.8. The Morgan fingerprint density at radius 2 is 0.962 bits per heavy atom. The molecule has 2 unspecified atom stereocenters. The van der Waals surface area contributed by atoms with Gasteiger partial charge in [0.2, 0.25) is 11.8 Å². The minimum atomic E-state index is -2.27. The number of amides is 2. The fourth-order valence-electron chi connectivity index (χ4n) is 6.54. The number of carboxylic acid groups (broad SMARTS) is 2. The van der Waals surface area contributed by atoms with E-state index < -0.39 is 24.1 Å². The van der Waals surface area contributed by atoms with Crippen LogP contribution in [0.4, 0.5) is 11.4 Å². The Bertz CT molecular complexity index is 1300. The van der Waals surface area contributed by atoms with Gasteiger partial charge < -0.3 is 31.1 Å². The van der Waals surface area contributed by atoms with Crippen molar-refractivity contribution < 1.29 is 39.6 Å². The number of nitrogens with zero attached hydrogens (tertiary/aromatic N) is 2. The number of hydrogen-bond acceptors (Lipinski definition) is 8. The molecule has 2 aromatic rings. The SMILES string of the molecule is CCCCN1CCCCC1C(=O)Nc1c(C)cccc1C.CCCCN1CCCCC1C(=O)Nc1c(C)cccc1C.O=C(O)[C@H](O)[C@@H](O)C(=O)O. The van der Waals surface area contributed by atoms with Gasteiger partial charge in [0.05, 0.1) is 12.1 Å². The van der Waals surface area contributed by atoms with Gasteiger partial charge in [-0.2, -0.15) is 0 Å². The summed E-state index contributed by atoms with van der Waals surface area (Å²) in [6, 6.07) is 12.4. The fourth-order valence-corrected chi connectivity index (χ4v) is 6.54. The van der Waals surface area contributed by atoms with E-state index in [2.05, 4.69) is 86.2 Å². The van der Waals surface area contributed by atoms with Gasteiger partial charge in [0.25, 0.3) is 0 Å². The minimum Gasteiger partial charge on any atom is -0.479 e. The minimum absolute atomic E-state index is 0.0457. The monoisotopic (exact) mass is 726 g/mol. The number of nitrogens with one attached hydrogen (secondary N) is 2. The number of carboxylic acids is 2. The largest absolute Gasteiger partial charge is 0.479 e. The lowest BCUT2D eigenvalue weighted by molar-refractivity contribution is -0.165. The fraction of sp³-hybridized carbons (Fsp3) is 0.600. The average molecular weight is 727 g/mol. The summed E-state index contributed by atoms with van der Waals surface area (Å²) in [5.74, 6) is -3.20. The van der Waals surface area contributed by atoms with Gasteiger partial charge in [0.15, 0.2) is 12.2 Å². The number of likely N-dealkylation sites (tertiary alicyclic amines) is 2. The van der Waals surface area contributed by atoms with Crippen LogP contribution in [-0.2, 0) is 19.2 Å². The predicted molar refractivity (Wildman–Crippen MR) is 205 cm³/mol. The van der Waals surface area contributed by atoms with Crippen molar-refractivity contribution in [1.29, 1.82) is 0 Å². The van der Waals surface area contributed by atoms with E-state index in [0.717, 1.165) is 85.5 Å². The molecular weight excluding hydrogens is 664 g/mol. The van der Waals surface area contributed by atoms with Gasteiger partial charge in [-0.15, -0.1) is 0 Å². The maximum absolute atomic E-state index is 12.7. The van der Waals surface area contributed by atoms with Crippen LogP contribution in [-0.4, -0.2) is 104 Å². The summed E-state index contributed by atoms with van der Waals surface area (Å²) in [6.45, 7) is 16.8. The first-order chi connectivity index (χ1) is 24.7. The highest BCUT2D eigenvalue weighted by atomic mass is 16.4. The van der Waals surface area contributed by atoms with Crippen molar-refractivity contribution in [3.8, 4) is 0 Å². The molecule has 0 radical (unpaired) electrons. The standard InChI is InChI=1S/2C18H28N2O.C4H6O6/c2*1-4-5-12-20-13-7-6-11-16(20)18(21)19-17-14(2)9-8-10-15(17)3;5-1(3(7)8)2(6)4(9)10/h2*8-10,16H,4-7,11-13H2,1-3H3,(H,19,21);1-2,5-6H,(H,7,8)(H,9,10)/t;;1-,2-/m..1/s1. The van der Waals surface area contributed by atoms with E-state index >= 15 is 0 Å². The molecule has 2 heterocycles. The average Bonchev–Trinajstić information content (AvgIpc) is 3.13. The highest BCUT2D eigenvalue weighted by molar-refractivity contribution is 5.97. The Hall–Kier alpha value is -3.84. The number of aryl methyl sites for hydroxylation is 4. The number of aliphatic hydroxyl groups is 2. The highest BCUT2D eigenvalue weighted by Gasteiger charge is 2.31. The smallest absolute Gasteiger partial charge is 0.335 e. The third-order valence-electron chi connectivity index (χ3n) is 9.69. The zero-order valence-electron chi connectivity index (χ0n) is 32.0. The maximum atomic E-state index is 12.7. The van der Waals surface area contributed by atoms with Crippen molar-refractivity contribution in [3.05, 3.63) is 58.7 Å². The summed E-state index contributed by atoms with van der Waals surface area (Å²) in [7, 11) is 0. The molecule has 2 aliphatic heterocycles. The summed E-state index contributed by atoms with van der Waals surface area (Å²) in [5, 5.41) is 38.9. The lowest BCUT2D eigenvalue weighted by atomic mass is 10.00. The molecule has 4 rings (SSSR count). The lowest BCUT2D eigenvalue weighted by Crippen LogP contribution is -2.47. The van der Waals surface area contributed by atoms with Crippen molar-refractivity contribution in [3.63, 3.8) is 0 Å². The molecule has 12 heteroatoms. The number of rotatable bonds is 13. The van der Waals surface area contributed by atoms with Crippen LogP contribution in [0.15, 0.2) is 36.4 Å². The van der Waals surface area contributed by atoms with Crippen LogP contribution in [0.3, 0.4) is 0 Å². The first kappa shape index (κ1) is 44.3. The molecule has 0 saturated carbocycles. The molecule has 2 aromatic carbocycles. The first-order valence-corrected chi connectivity index (χ1v) is 18.8. The van der Waals surface area contributed by atoms with E-state index in [9.17, 15) is 19.2 Å². The van der Waals surface area contributed by atoms with Crippen molar-refractivity contribution in [2.45, 2.75) is 130 Å². The van der Waals surface area contributed by atoms with E-state index in [4.69, 9.17) is 20.4 Å². The highest BCUT2D eigenvalue weighted by Crippen LogP contribution is 2.25. The maximum Gasteiger partial charge on any atom is 0.335 e. The summed E-state index contributed by atoms with van der Waals surface area (Å²) in [6.07, 6.45) is 6.91. The summed E-state index contributed by atoms with van der Waals surface area (Å²) in [4.78, 5) is 49.7. The number of carbonyl (C=O) groups is 4. The van der Waals surface area contributed by atoms with E-state index in [0.29, 0.717) is 0 Å². The Morgan fingerprint density at radius 1 is 0.635 bits per heavy atom. The Morgan fingerprint density at radius 3 is 1.25 bits per heavy atom. The molecule has 4 atom stereocenters. The van der Waals surface area contributed by atoms with Crippen molar-refractivity contribution >= 4 is 35.1 Å². The van der Waals surface area contributed by atoms with Gasteiger partial charge in [-0.1, -0.05) is 75.9 Å². The Kier molecular flexibility index (Phi) is 19.6.